The van der Waals surface area contributed by atoms with E-state index in [9.17, 15) is 9.59 Å². The fourth-order valence-electron chi connectivity index (χ4n) is 2.67. The van der Waals surface area contributed by atoms with Crippen LogP contribution in [-0.4, -0.2) is 18.4 Å². The number of anilines is 2. The molecule has 0 bridgehead atoms. The van der Waals surface area contributed by atoms with E-state index in [1.165, 1.54) is 0 Å². The molecule has 4 heteroatoms. The van der Waals surface area contributed by atoms with Crippen molar-refractivity contribution in [3.63, 3.8) is 0 Å². The minimum absolute atomic E-state index is 0.0429. The van der Waals surface area contributed by atoms with Gasteiger partial charge in [0.05, 0.1) is 0 Å². The quantitative estimate of drug-likeness (QED) is 0.824. The number of nitrogens with zero attached hydrogens (tertiary/aromatic N) is 1. The second kappa shape index (κ2) is 4.53. The molecule has 0 radical (unpaired) electrons. The molecule has 0 aliphatic carbocycles. The molecule has 98 valence electrons. The number of carbonyl (C=O) groups is 2. The van der Waals surface area contributed by atoms with Gasteiger partial charge in [0.15, 0.2) is 0 Å². The molecular weight excluding hydrogens is 240 g/mol. The molecule has 1 saturated heterocycles. The Morgan fingerprint density at radius 2 is 2.16 bits per heavy atom. The average molecular weight is 256 g/mol. The van der Waals surface area contributed by atoms with Crippen LogP contribution in [0.5, 0.6) is 0 Å². The summed E-state index contributed by atoms with van der Waals surface area (Å²) in [7, 11) is 0. The molecule has 2 heterocycles. The van der Waals surface area contributed by atoms with Crippen LogP contribution in [0, 0.1) is 5.92 Å². The van der Waals surface area contributed by atoms with E-state index in [4.69, 9.17) is 0 Å². The first kappa shape index (κ1) is 12.0. The normalized spacial score (nSPS) is 22.1. The third-order valence-electron chi connectivity index (χ3n) is 3.79. The number of aryl methyl sites for hydroxylation is 1. The van der Waals surface area contributed by atoms with Crippen molar-refractivity contribution in [2.24, 2.45) is 5.92 Å². The van der Waals surface area contributed by atoms with Gasteiger partial charge in [-0.25, -0.2) is 0 Å². The van der Waals surface area contributed by atoms with E-state index < -0.39 is 0 Å². The lowest BCUT2D eigenvalue weighted by molar-refractivity contribution is -0.117. The molecule has 2 aliphatic heterocycles. The molecule has 0 spiro atoms. The average Bonchev–Trinajstić information content (AvgIpc) is 2.79. The highest BCUT2D eigenvalue weighted by molar-refractivity contribution is 5.98. The van der Waals surface area contributed by atoms with Crippen LogP contribution in [0.15, 0.2) is 30.9 Å². The van der Waals surface area contributed by atoms with E-state index in [1.54, 1.807) is 4.90 Å². The number of fused-ring (bicyclic) bond motifs is 1. The second-order valence-electron chi connectivity index (χ2n) is 5.09. The Morgan fingerprint density at radius 1 is 1.32 bits per heavy atom. The van der Waals surface area contributed by atoms with Gasteiger partial charge >= 0.3 is 0 Å². The maximum Gasteiger partial charge on any atom is 0.227 e. The first-order chi connectivity index (χ1) is 9.17. The first-order valence-corrected chi connectivity index (χ1v) is 6.53. The van der Waals surface area contributed by atoms with Crippen molar-refractivity contribution in [2.75, 3.05) is 16.8 Å². The van der Waals surface area contributed by atoms with Crippen LogP contribution < -0.4 is 10.2 Å². The smallest absolute Gasteiger partial charge is 0.227 e. The Morgan fingerprint density at radius 3 is 2.89 bits per heavy atom. The van der Waals surface area contributed by atoms with Crippen LogP contribution in [0.1, 0.15) is 18.4 Å². The SMILES string of the molecule is C=CC1CC(=O)N(c2ccc3c(c2)NC(=O)CC3)C1. The van der Waals surface area contributed by atoms with Gasteiger partial charge in [0.2, 0.25) is 11.8 Å². The fourth-order valence-corrected chi connectivity index (χ4v) is 2.67. The molecule has 1 fully saturated rings. The van der Waals surface area contributed by atoms with Gasteiger partial charge in [0, 0.05) is 36.7 Å². The molecule has 3 rings (SSSR count). The standard InChI is InChI=1S/C15H16N2O2/c1-2-10-7-15(19)17(9-10)12-5-3-11-4-6-14(18)16-13(11)8-12/h2-3,5,8,10H,1,4,6-7,9H2,(H,16,18). The third kappa shape index (κ3) is 2.14. The molecule has 19 heavy (non-hydrogen) atoms. The lowest BCUT2D eigenvalue weighted by atomic mass is 10.0. The number of hydrogen-bond donors (Lipinski definition) is 1. The van der Waals surface area contributed by atoms with E-state index in [0.29, 0.717) is 19.4 Å². The van der Waals surface area contributed by atoms with Crippen molar-refractivity contribution >= 4 is 23.2 Å². The van der Waals surface area contributed by atoms with Crippen molar-refractivity contribution < 1.29 is 9.59 Å². The van der Waals surface area contributed by atoms with Gasteiger partial charge in [-0.3, -0.25) is 9.59 Å². The largest absolute Gasteiger partial charge is 0.326 e. The number of amides is 2. The summed E-state index contributed by atoms with van der Waals surface area (Å²) in [4.78, 5) is 25.2. The Labute approximate surface area is 112 Å². The highest BCUT2D eigenvalue weighted by atomic mass is 16.2. The Balaban J connectivity index is 1.90. The second-order valence-corrected chi connectivity index (χ2v) is 5.09. The van der Waals surface area contributed by atoms with Gasteiger partial charge in [0.1, 0.15) is 0 Å². The van der Waals surface area contributed by atoms with E-state index in [2.05, 4.69) is 11.9 Å². The van der Waals surface area contributed by atoms with E-state index in [-0.39, 0.29) is 17.7 Å². The Kier molecular flexibility index (Phi) is 2.85. The Hall–Kier alpha value is -2.10. The van der Waals surface area contributed by atoms with Crippen LogP contribution in [-0.2, 0) is 16.0 Å². The molecular formula is C15H16N2O2. The molecule has 0 aromatic heterocycles. The maximum absolute atomic E-state index is 12.0. The van der Waals surface area contributed by atoms with Crippen molar-refractivity contribution in [1.29, 1.82) is 0 Å². The number of carbonyl (C=O) groups excluding carboxylic acids is 2. The van der Waals surface area contributed by atoms with Gasteiger partial charge in [-0.1, -0.05) is 12.1 Å². The highest BCUT2D eigenvalue weighted by Gasteiger charge is 2.29. The molecule has 1 unspecified atom stereocenters. The number of benzene rings is 1. The van der Waals surface area contributed by atoms with Crippen LogP contribution >= 0.6 is 0 Å². The summed E-state index contributed by atoms with van der Waals surface area (Å²) in [5.74, 6) is 0.381. The predicted molar refractivity (Wildman–Crippen MR) is 74.0 cm³/mol. The van der Waals surface area contributed by atoms with E-state index in [1.807, 2.05) is 24.3 Å². The lowest BCUT2D eigenvalue weighted by Gasteiger charge is -2.21. The van der Waals surface area contributed by atoms with Gasteiger partial charge < -0.3 is 10.2 Å². The number of nitrogens with one attached hydrogen (secondary N) is 1. The molecule has 1 aromatic rings. The fraction of sp³-hybridized carbons (Fsp3) is 0.333. The molecule has 1 N–H and O–H groups in total. The zero-order valence-corrected chi connectivity index (χ0v) is 10.7. The summed E-state index contributed by atoms with van der Waals surface area (Å²) in [5.41, 5.74) is 2.83. The summed E-state index contributed by atoms with van der Waals surface area (Å²) in [5, 5.41) is 2.87. The summed E-state index contributed by atoms with van der Waals surface area (Å²) < 4.78 is 0. The van der Waals surface area contributed by atoms with E-state index in [0.717, 1.165) is 23.4 Å². The number of rotatable bonds is 2. The monoisotopic (exact) mass is 256 g/mol. The lowest BCUT2D eigenvalue weighted by Crippen LogP contribution is -2.25. The van der Waals surface area contributed by atoms with Crippen LogP contribution in [0.25, 0.3) is 0 Å². The van der Waals surface area contributed by atoms with Gasteiger partial charge in [0.25, 0.3) is 0 Å². The molecule has 1 aromatic carbocycles. The van der Waals surface area contributed by atoms with Crippen molar-refractivity contribution in [3.05, 3.63) is 36.4 Å². The summed E-state index contributed by atoms with van der Waals surface area (Å²) in [6.07, 6.45) is 3.66. The minimum Gasteiger partial charge on any atom is -0.326 e. The molecule has 1 atom stereocenters. The minimum atomic E-state index is 0.0429. The number of hydrogen-bond acceptors (Lipinski definition) is 2. The van der Waals surface area contributed by atoms with Gasteiger partial charge in [-0.2, -0.15) is 0 Å². The topological polar surface area (TPSA) is 49.4 Å². The molecule has 2 amide bonds. The van der Waals surface area contributed by atoms with E-state index >= 15 is 0 Å². The highest BCUT2D eigenvalue weighted by Crippen LogP contribution is 2.31. The predicted octanol–water partition coefficient (Wildman–Crippen LogP) is 2.11. The molecule has 4 nitrogen and oxygen atoms in total. The van der Waals surface area contributed by atoms with Gasteiger partial charge in [-0.15, -0.1) is 6.58 Å². The zero-order valence-electron chi connectivity index (χ0n) is 10.7. The van der Waals surface area contributed by atoms with Crippen LogP contribution in [0.4, 0.5) is 11.4 Å². The molecule has 2 aliphatic rings. The van der Waals surface area contributed by atoms with Crippen molar-refractivity contribution in [1.82, 2.24) is 0 Å². The van der Waals surface area contributed by atoms with Crippen molar-refractivity contribution in [3.8, 4) is 0 Å². The zero-order chi connectivity index (χ0) is 13.4. The summed E-state index contributed by atoms with van der Waals surface area (Å²) in [6.45, 7) is 4.43. The molecule has 0 saturated carbocycles. The summed E-state index contributed by atoms with van der Waals surface area (Å²) >= 11 is 0. The van der Waals surface area contributed by atoms with Gasteiger partial charge in [-0.05, 0) is 24.1 Å². The maximum atomic E-state index is 12.0. The Bertz CT molecular complexity index is 565. The first-order valence-electron chi connectivity index (χ1n) is 6.53. The summed E-state index contributed by atoms with van der Waals surface area (Å²) in [6, 6.07) is 5.86. The van der Waals surface area contributed by atoms with Crippen LogP contribution in [0.2, 0.25) is 0 Å². The third-order valence-corrected chi connectivity index (χ3v) is 3.79. The van der Waals surface area contributed by atoms with Crippen molar-refractivity contribution in [2.45, 2.75) is 19.3 Å². The van der Waals surface area contributed by atoms with Crippen LogP contribution in [0.3, 0.4) is 0 Å².